The van der Waals surface area contributed by atoms with Crippen molar-refractivity contribution in [3.63, 3.8) is 0 Å². The van der Waals surface area contributed by atoms with Crippen molar-refractivity contribution in [3.05, 3.63) is 146 Å². The van der Waals surface area contributed by atoms with Gasteiger partial charge in [0.2, 0.25) is 0 Å². The summed E-state index contributed by atoms with van der Waals surface area (Å²) >= 11 is 0. The largest absolute Gasteiger partial charge is 0.507 e. The van der Waals surface area contributed by atoms with Crippen molar-refractivity contribution in [2.45, 2.75) is 0 Å². The van der Waals surface area contributed by atoms with Crippen LogP contribution in [0.2, 0.25) is 0 Å². The molecule has 0 unspecified atom stereocenters. The number of methoxy groups -OCH3 is 2. The average Bonchev–Trinajstić information content (AvgIpc) is 3.16. The van der Waals surface area contributed by atoms with Gasteiger partial charge in [0.15, 0.2) is 13.6 Å². The van der Waals surface area contributed by atoms with Gasteiger partial charge in [0.1, 0.15) is 23.0 Å². The summed E-state index contributed by atoms with van der Waals surface area (Å²) in [5, 5.41) is 29.2. The molecule has 248 valence electrons. The fourth-order valence-corrected chi connectivity index (χ4v) is 6.55. The molecule has 8 aromatic carbocycles. The third-order valence-electron chi connectivity index (χ3n) is 8.76. The summed E-state index contributed by atoms with van der Waals surface area (Å²) in [6, 6.07) is 47.5. The van der Waals surface area contributed by atoms with Gasteiger partial charge in [-0.25, -0.2) is 0 Å². The number of fused-ring (bicyclic) bond motifs is 4. The van der Waals surface area contributed by atoms with E-state index in [0.717, 1.165) is 65.7 Å². The lowest BCUT2D eigenvalue weighted by atomic mass is 9.92. The second-order valence-electron chi connectivity index (χ2n) is 11.8. The highest BCUT2D eigenvalue weighted by Gasteiger charge is 2.19. The van der Waals surface area contributed by atoms with Crippen LogP contribution < -0.4 is 9.47 Å². The Labute approximate surface area is 290 Å². The fraction of sp³-hybridized carbons (Fsp3) is 0.0909. The van der Waals surface area contributed by atoms with Crippen LogP contribution in [0.1, 0.15) is 0 Å². The van der Waals surface area contributed by atoms with Gasteiger partial charge < -0.3 is 29.2 Å². The third kappa shape index (κ3) is 6.26. The molecule has 0 aliphatic carbocycles. The minimum atomic E-state index is 0.171. The Morgan fingerprint density at radius 1 is 0.360 bits per heavy atom. The van der Waals surface area contributed by atoms with E-state index in [0.29, 0.717) is 11.1 Å². The van der Waals surface area contributed by atoms with E-state index in [1.165, 1.54) is 0 Å². The van der Waals surface area contributed by atoms with Gasteiger partial charge in [-0.05, 0) is 67.4 Å². The highest BCUT2D eigenvalue weighted by molar-refractivity contribution is 6.11. The maximum Gasteiger partial charge on any atom is 0.188 e. The van der Waals surface area contributed by atoms with E-state index in [9.17, 15) is 10.2 Å². The van der Waals surface area contributed by atoms with E-state index >= 15 is 0 Å². The Morgan fingerprint density at radius 3 is 1.00 bits per heavy atom. The number of ether oxygens (including phenoxy) is 4. The van der Waals surface area contributed by atoms with E-state index in [1.807, 2.05) is 97.1 Å². The van der Waals surface area contributed by atoms with Crippen LogP contribution in [-0.4, -0.2) is 38.0 Å². The van der Waals surface area contributed by atoms with Crippen molar-refractivity contribution < 1.29 is 29.2 Å². The minimum absolute atomic E-state index is 0.171. The highest BCUT2D eigenvalue weighted by atomic mass is 16.7. The van der Waals surface area contributed by atoms with Crippen LogP contribution in [-0.2, 0) is 9.47 Å². The summed E-state index contributed by atoms with van der Waals surface area (Å²) in [5.41, 5.74) is 3.32. The molecule has 0 bridgehead atoms. The molecule has 6 nitrogen and oxygen atoms in total. The lowest BCUT2D eigenvalue weighted by Gasteiger charge is -2.19. The second kappa shape index (κ2) is 14.6. The van der Waals surface area contributed by atoms with Crippen molar-refractivity contribution in [1.29, 1.82) is 0 Å². The van der Waals surface area contributed by atoms with Crippen molar-refractivity contribution in [1.82, 2.24) is 0 Å². The zero-order valence-corrected chi connectivity index (χ0v) is 27.8. The Bertz CT molecular complexity index is 2280. The van der Waals surface area contributed by atoms with Gasteiger partial charge >= 0.3 is 0 Å². The number of phenols is 2. The molecule has 0 spiro atoms. The molecule has 0 aliphatic heterocycles. The van der Waals surface area contributed by atoms with Gasteiger partial charge in [-0.1, -0.05) is 121 Å². The minimum Gasteiger partial charge on any atom is -0.507 e. The van der Waals surface area contributed by atoms with E-state index in [4.69, 9.17) is 18.9 Å². The zero-order chi connectivity index (χ0) is 34.5. The summed E-state index contributed by atoms with van der Waals surface area (Å²) in [4.78, 5) is 0. The Morgan fingerprint density at radius 2 is 0.660 bits per heavy atom. The molecule has 8 rings (SSSR count). The predicted molar refractivity (Wildman–Crippen MR) is 202 cm³/mol. The zero-order valence-electron chi connectivity index (χ0n) is 27.8. The molecule has 8 aromatic rings. The number of rotatable bonds is 8. The van der Waals surface area contributed by atoms with Gasteiger partial charge in [-0.15, -0.1) is 0 Å². The molecule has 50 heavy (non-hydrogen) atoms. The molecule has 0 saturated heterocycles. The van der Waals surface area contributed by atoms with Crippen molar-refractivity contribution >= 4 is 43.1 Å². The smallest absolute Gasteiger partial charge is 0.188 e. The van der Waals surface area contributed by atoms with Gasteiger partial charge in [0.25, 0.3) is 0 Å². The first-order valence-corrected chi connectivity index (χ1v) is 16.3. The van der Waals surface area contributed by atoms with Gasteiger partial charge in [0.05, 0.1) is 0 Å². The molecule has 0 heterocycles. The monoisotopic (exact) mass is 660 g/mol. The molecule has 0 fully saturated rings. The molecule has 6 heteroatoms. The van der Waals surface area contributed by atoms with Crippen LogP contribution in [0.4, 0.5) is 0 Å². The molecular weight excluding hydrogens is 624 g/mol. The summed E-state index contributed by atoms with van der Waals surface area (Å²) in [7, 11) is 3.23. The Balaban J connectivity index is 0.000000161. The first-order chi connectivity index (χ1) is 24.6. The van der Waals surface area contributed by atoms with Crippen molar-refractivity contribution in [2.75, 3.05) is 27.8 Å². The summed E-state index contributed by atoms with van der Waals surface area (Å²) in [6.07, 6.45) is 0. The lowest BCUT2D eigenvalue weighted by Crippen LogP contribution is -2.03. The normalized spacial score (nSPS) is 11.1. The first-order valence-electron chi connectivity index (χ1n) is 16.3. The SMILES string of the molecule is COCOc1ccc2ccccc2c1-c1c(OCOC)ccc2ccccc12.Oc1ccc2ccccc2c1-c1c(O)ccc2ccccc12. The first kappa shape index (κ1) is 32.5. The Kier molecular flexibility index (Phi) is 9.47. The molecule has 0 amide bonds. The molecular formula is C44H36O6. The molecule has 0 saturated carbocycles. The van der Waals surface area contributed by atoms with E-state index in [1.54, 1.807) is 26.4 Å². The standard InChI is InChI=1S/C24H22O4.C20H14O2/c1-25-15-27-21-13-11-17-7-3-5-9-19(17)23(21)24-20-10-6-4-8-18(20)12-14-22(24)28-16-26-2;21-17-11-9-13-5-1-3-7-15(13)19(17)20-16-8-4-2-6-14(16)10-12-18(20)22/h3-14H,15-16H2,1-2H3;1-12,21-22H. The van der Waals surface area contributed by atoms with Gasteiger partial charge in [0, 0.05) is 36.5 Å². The summed E-state index contributed by atoms with van der Waals surface area (Å²) in [5.74, 6) is 1.84. The predicted octanol–water partition coefficient (Wildman–Crippen LogP) is 10.7. The number of hydrogen-bond donors (Lipinski definition) is 2. The van der Waals surface area contributed by atoms with E-state index < -0.39 is 0 Å². The quantitative estimate of drug-likeness (QED) is 0.158. The van der Waals surface area contributed by atoms with Crippen LogP contribution in [0.3, 0.4) is 0 Å². The topological polar surface area (TPSA) is 77.4 Å². The van der Waals surface area contributed by atoms with Crippen molar-refractivity contribution in [3.8, 4) is 45.3 Å². The van der Waals surface area contributed by atoms with E-state index in [2.05, 4.69) is 36.4 Å². The Hall–Kier alpha value is -6.08. The molecule has 0 radical (unpaired) electrons. The number of aromatic hydroxyl groups is 2. The van der Waals surface area contributed by atoms with Crippen LogP contribution in [0, 0.1) is 0 Å². The summed E-state index contributed by atoms with van der Waals surface area (Å²) in [6.45, 7) is 0.342. The molecule has 0 aromatic heterocycles. The van der Waals surface area contributed by atoms with E-state index in [-0.39, 0.29) is 25.1 Å². The van der Waals surface area contributed by atoms with Crippen LogP contribution in [0.5, 0.6) is 23.0 Å². The average molecular weight is 661 g/mol. The maximum atomic E-state index is 10.4. The maximum absolute atomic E-state index is 10.4. The second-order valence-corrected chi connectivity index (χ2v) is 11.8. The lowest BCUT2D eigenvalue weighted by molar-refractivity contribution is 0.0502. The molecule has 0 aliphatic rings. The van der Waals surface area contributed by atoms with Gasteiger partial charge in [-0.2, -0.15) is 0 Å². The summed E-state index contributed by atoms with van der Waals surface area (Å²) < 4.78 is 22.2. The number of phenolic OH excluding ortho intramolecular Hbond substituents is 2. The highest BCUT2D eigenvalue weighted by Crippen LogP contribution is 2.46. The van der Waals surface area contributed by atoms with Crippen LogP contribution >= 0.6 is 0 Å². The van der Waals surface area contributed by atoms with Crippen molar-refractivity contribution in [2.24, 2.45) is 0 Å². The third-order valence-corrected chi connectivity index (χ3v) is 8.76. The number of hydrogen-bond acceptors (Lipinski definition) is 6. The van der Waals surface area contributed by atoms with Crippen LogP contribution in [0.25, 0.3) is 65.3 Å². The number of benzene rings is 8. The van der Waals surface area contributed by atoms with Gasteiger partial charge in [-0.3, -0.25) is 0 Å². The van der Waals surface area contributed by atoms with Crippen LogP contribution in [0.15, 0.2) is 146 Å². The molecule has 0 atom stereocenters. The molecule has 2 N–H and O–H groups in total. The fourth-order valence-electron chi connectivity index (χ4n) is 6.55.